The average molecular weight is 428 g/mol. The molecular formula is C23H16F4N2O2. The van der Waals surface area contributed by atoms with E-state index >= 15 is 0 Å². The molecule has 0 bridgehead atoms. The number of alkyl halides is 3. The Morgan fingerprint density at radius 1 is 0.903 bits per heavy atom. The predicted molar refractivity (Wildman–Crippen MR) is 108 cm³/mol. The molecule has 0 saturated carbocycles. The number of carbonyl (C=O) groups excluding carboxylic acids is 2. The summed E-state index contributed by atoms with van der Waals surface area (Å²) in [7, 11) is 0. The maximum atomic E-state index is 13.4. The van der Waals surface area contributed by atoms with Crippen molar-refractivity contribution in [2.24, 2.45) is 0 Å². The molecule has 0 fully saturated rings. The molecule has 4 rings (SSSR count). The first kappa shape index (κ1) is 20.6. The Morgan fingerprint density at radius 3 is 2.29 bits per heavy atom. The number of amides is 2. The van der Waals surface area contributed by atoms with E-state index in [2.05, 4.69) is 5.32 Å². The van der Waals surface area contributed by atoms with E-state index in [1.807, 2.05) is 24.3 Å². The molecule has 0 spiro atoms. The molecule has 1 aliphatic heterocycles. The Morgan fingerprint density at radius 2 is 1.58 bits per heavy atom. The number of hydrogen-bond acceptors (Lipinski definition) is 2. The van der Waals surface area contributed by atoms with E-state index in [1.165, 1.54) is 24.3 Å². The highest BCUT2D eigenvalue weighted by Gasteiger charge is 2.34. The number of anilines is 2. The monoisotopic (exact) mass is 428 g/mol. The van der Waals surface area contributed by atoms with Crippen LogP contribution >= 0.6 is 0 Å². The molecule has 4 nitrogen and oxygen atoms in total. The number of nitrogens with one attached hydrogen (secondary N) is 1. The number of para-hydroxylation sites is 1. The highest BCUT2D eigenvalue weighted by atomic mass is 19.4. The summed E-state index contributed by atoms with van der Waals surface area (Å²) >= 11 is 0. The van der Waals surface area contributed by atoms with E-state index in [4.69, 9.17) is 0 Å². The lowest BCUT2D eigenvalue weighted by atomic mass is 10.1. The van der Waals surface area contributed by atoms with E-state index < -0.39 is 23.5 Å². The molecule has 1 N–H and O–H groups in total. The molecule has 0 atom stereocenters. The molecule has 0 aromatic heterocycles. The third kappa shape index (κ3) is 4.14. The topological polar surface area (TPSA) is 49.4 Å². The minimum Gasteiger partial charge on any atom is -0.322 e. The second-order valence-electron chi connectivity index (χ2n) is 7.06. The van der Waals surface area contributed by atoms with Crippen LogP contribution in [0, 0.1) is 5.82 Å². The Kier molecular flexibility index (Phi) is 5.22. The van der Waals surface area contributed by atoms with Gasteiger partial charge in [0.15, 0.2) is 0 Å². The summed E-state index contributed by atoms with van der Waals surface area (Å²) in [6, 6.07) is 15.7. The molecule has 8 heteroatoms. The molecule has 3 aromatic carbocycles. The summed E-state index contributed by atoms with van der Waals surface area (Å²) in [6.45, 7) is 0.572. The maximum Gasteiger partial charge on any atom is 0.419 e. The smallest absolute Gasteiger partial charge is 0.322 e. The van der Waals surface area contributed by atoms with Crippen molar-refractivity contribution in [2.45, 2.75) is 12.6 Å². The number of halogens is 4. The molecule has 3 aromatic rings. The van der Waals surface area contributed by atoms with Crippen LogP contribution in [-0.2, 0) is 12.6 Å². The van der Waals surface area contributed by atoms with Gasteiger partial charge in [-0.3, -0.25) is 9.59 Å². The third-order valence-electron chi connectivity index (χ3n) is 5.06. The summed E-state index contributed by atoms with van der Waals surface area (Å²) in [5.74, 6) is -2.45. The third-order valence-corrected chi connectivity index (χ3v) is 5.06. The molecule has 0 unspecified atom stereocenters. The van der Waals surface area contributed by atoms with Crippen LogP contribution in [0.5, 0.6) is 0 Å². The van der Waals surface area contributed by atoms with E-state index in [0.717, 1.165) is 23.7 Å². The zero-order valence-corrected chi connectivity index (χ0v) is 16.0. The first-order valence-electron chi connectivity index (χ1n) is 9.42. The van der Waals surface area contributed by atoms with Crippen molar-refractivity contribution in [1.82, 2.24) is 0 Å². The van der Waals surface area contributed by atoms with Gasteiger partial charge in [-0.2, -0.15) is 13.2 Å². The van der Waals surface area contributed by atoms with Crippen molar-refractivity contribution in [2.75, 3.05) is 16.8 Å². The predicted octanol–water partition coefficient (Wildman–Crippen LogP) is 5.30. The zero-order valence-electron chi connectivity index (χ0n) is 16.0. The largest absolute Gasteiger partial charge is 0.419 e. The average Bonchev–Trinajstić information content (AvgIpc) is 3.17. The molecule has 158 valence electrons. The lowest BCUT2D eigenvalue weighted by Gasteiger charge is -2.17. The quantitative estimate of drug-likeness (QED) is 0.576. The number of rotatable bonds is 3. The standard InChI is InChI=1S/C23H16F4N2O2/c24-19-10-7-16(13-18(19)23(25,26)27)21(30)28-17-8-5-15(6-9-17)22(31)29-12-11-14-3-1-2-4-20(14)29/h1-10,13H,11-12H2,(H,28,30). The normalized spacial score (nSPS) is 13.1. The van der Waals surface area contributed by atoms with Crippen molar-refractivity contribution < 1.29 is 27.2 Å². The van der Waals surface area contributed by atoms with Gasteiger partial charge in [-0.25, -0.2) is 4.39 Å². The van der Waals surface area contributed by atoms with Gasteiger partial charge in [-0.1, -0.05) is 18.2 Å². The lowest BCUT2D eigenvalue weighted by molar-refractivity contribution is -0.140. The Labute approximate surface area is 175 Å². The van der Waals surface area contributed by atoms with Crippen LogP contribution < -0.4 is 10.2 Å². The molecule has 1 heterocycles. The van der Waals surface area contributed by atoms with E-state index in [1.54, 1.807) is 4.90 Å². The van der Waals surface area contributed by atoms with Crippen molar-refractivity contribution in [3.8, 4) is 0 Å². The van der Waals surface area contributed by atoms with Crippen LogP contribution in [0.2, 0.25) is 0 Å². The molecule has 0 aliphatic carbocycles. The Bertz CT molecular complexity index is 1160. The maximum absolute atomic E-state index is 13.4. The van der Waals surface area contributed by atoms with Crippen LogP contribution in [0.25, 0.3) is 0 Å². The Hall–Kier alpha value is -3.68. The van der Waals surface area contributed by atoms with Crippen LogP contribution in [0.15, 0.2) is 66.7 Å². The fraction of sp³-hybridized carbons (Fsp3) is 0.130. The van der Waals surface area contributed by atoms with Gasteiger partial charge in [0.1, 0.15) is 5.82 Å². The summed E-state index contributed by atoms with van der Waals surface area (Å²) in [5.41, 5.74) is 0.825. The van der Waals surface area contributed by atoms with Gasteiger partial charge in [0, 0.05) is 29.0 Å². The highest BCUT2D eigenvalue weighted by Crippen LogP contribution is 2.32. The van der Waals surface area contributed by atoms with Gasteiger partial charge >= 0.3 is 6.18 Å². The Balaban J connectivity index is 1.48. The molecule has 0 radical (unpaired) electrons. The van der Waals surface area contributed by atoms with Gasteiger partial charge in [0.25, 0.3) is 11.8 Å². The van der Waals surface area contributed by atoms with Gasteiger partial charge in [0.05, 0.1) is 5.56 Å². The number of benzene rings is 3. The van der Waals surface area contributed by atoms with E-state index in [0.29, 0.717) is 29.9 Å². The second-order valence-corrected chi connectivity index (χ2v) is 7.06. The lowest BCUT2D eigenvalue weighted by Crippen LogP contribution is -2.28. The van der Waals surface area contributed by atoms with Crippen molar-refractivity contribution >= 4 is 23.2 Å². The van der Waals surface area contributed by atoms with Crippen molar-refractivity contribution in [3.05, 3.63) is 94.8 Å². The SMILES string of the molecule is O=C(Nc1ccc(C(=O)N2CCc3ccccc32)cc1)c1ccc(F)c(C(F)(F)F)c1. The minimum atomic E-state index is -4.91. The number of hydrogen-bond donors (Lipinski definition) is 1. The van der Waals surface area contributed by atoms with Crippen molar-refractivity contribution in [3.63, 3.8) is 0 Å². The number of carbonyl (C=O) groups is 2. The minimum absolute atomic E-state index is 0.184. The molecular weight excluding hydrogens is 412 g/mol. The summed E-state index contributed by atoms with van der Waals surface area (Å²) in [6.07, 6.45) is -4.13. The van der Waals surface area contributed by atoms with Gasteiger partial charge < -0.3 is 10.2 Å². The van der Waals surface area contributed by atoms with E-state index in [-0.39, 0.29) is 11.5 Å². The van der Waals surface area contributed by atoms with Crippen LogP contribution in [0.3, 0.4) is 0 Å². The first-order chi connectivity index (χ1) is 14.7. The van der Waals surface area contributed by atoms with Crippen LogP contribution in [-0.4, -0.2) is 18.4 Å². The molecule has 1 aliphatic rings. The highest BCUT2D eigenvalue weighted by molar-refractivity contribution is 6.08. The number of fused-ring (bicyclic) bond motifs is 1. The fourth-order valence-electron chi connectivity index (χ4n) is 3.49. The van der Waals surface area contributed by atoms with Gasteiger partial charge in [-0.15, -0.1) is 0 Å². The summed E-state index contributed by atoms with van der Waals surface area (Å²) < 4.78 is 52.0. The van der Waals surface area contributed by atoms with Crippen LogP contribution in [0.4, 0.5) is 28.9 Å². The fourth-order valence-corrected chi connectivity index (χ4v) is 3.49. The zero-order chi connectivity index (χ0) is 22.2. The van der Waals surface area contributed by atoms with Gasteiger partial charge in [-0.05, 0) is 60.5 Å². The molecule has 2 amide bonds. The molecule has 0 saturated heterocycles. The second kappa shape index (κ2) is 7.86. The summed E-state index contributed by atoms with van der Waals surface area (Å²) in [4.78, 5) is 26.8. The van der Waals surface area contributed by atoms with Gasteiger partial charge in [0.2, 0.25) is 0 Å². The number of nitrogens with zero attached hydrogens (tertiary/aromatic N) is 1. The molecule has 31 heavy (non-hydrogen) atoms. The first-order valence-corrected chi connectivity index (χ1v) is 9.42. The van der Waals surface area contributed by atoms with Crippen LogP contribution in [0.1, 0.15) is 31.8 Å². The van der Waals surface area contributed by atoms with E-state index in [9.17, 15) is 27.2 Å². The summed E-state index contributed by atoms with van der Waals surface area (Å²) in [5, 5.41) is 2.45. The van der Waals surface area contributed by atoms with Crippen molar-refractivity contribution in [1.29, 1.82) is 0 Å².